The zero-order valence-electron chi connectivity index (χ0n) is 12.9. The van der Waals surface area contributed by atoms with Crippen molar-refractivity contribution in [3.05, 3.63) is 58.5 Å². The summed E-state index contributed by atoms with van der Waals surface area (Å²) < 4.78 is 1.37. The van der Waals surface area contributed by atoms with Gasteiger partial charge in [-0.25, -0.2) is 0 Å². The molecule has 0 saturated heterocycles. The van der Waals surface area contributed by atoms with Crippen LogP contribution in [0.25, 0.3) is 0 Å². The number of aromatic nitrogens is 1. The van der Waals surface area contributed by atoms with E-state index in [-0.39, 0.29) is 17.4 Å². The lowest BCUT2D eigenvalue weighted by Gasteiger charge is -2.11. The normalized spacial score (nSPS) is 11.5. The van der Waals surface area contributed by atoms with Crippen LogP contribution in [-0.2, 0) is 7.05 Å². The van der Waals surface area contributed by atoms with E-state index in [0.717, 1.165) is 4.90 Å². The fourth-order valence-electron chi connectivity index (χ4n) is 1.87. The zero-order chi connectivity index (χ0) is 16.8. The molecule has 0 fully saturated rings. The first-order valence-corrected chi connectivity index (χ1v) is 8.09. The third-order valence-corrected chi connectivity index (χ3v) is 4.53. The van der Waals surface area contributed by atoms with Crippen molar-refractivity contribution in [1.29, 1.82) is 5.26 Å². The Bertz CT molecular complexity index is 808. The number of nitriles is 1. The third kappa shape index (κ3) is 4.47. The van der Waals surface area contributed by atoms with Crippen molar-refractivity contribution in [1.82, 2.24) is 4.57 Å². The van der Waals surface area contributed by atoms with Gasteiger partial charge < -0.3 is 9.88 Å². The van der Waals surface area contributed by atoms with E-state index in [9.17, 15) is 9.59 Å². The molecule has 0 aliphatic carbocycles. The molecule has 2 rings (SSSR count). The monoisotopic (exact) mass is 327 g/mol. The molecular formula is C17H17N3O2S. The SMILES string of the molecule is CC(C#N)CSc1ccccc1NC(=O)c1ccc(=O)n(C)c1. The molecule has 0 saturated carbocycles. The third-order valence-electron chi connectivity index (χ3n) is 3.19. The van der Waals surface area contributed by atoms with Gasteiger partial charge in [-0.3, -0.25) is 9.59 Å². The first-order chi connectivity index (χ1) is 11.0. The van der Waals surface area contributed by atoms with E-state index in [0.29, 0.717) is 17.0 Å². The number of amides is 1. The summed E-state index contributed by atoms with van der Waals surface area (Å²) in [7, 11) is 1.60. The predicted octanol–water partition coefficient (Wildman–Crippen LogP) is 2.89. The number of pyridine rings is 1. The maximum absolute atomic E-state index is 12.3. The summed E-state index contributed by atoms with van der Waals surface area (Å²) in [6.07, 6.45) is 1.51. The molecule has 1 aromatic heterocycles. The van der Waals surface area contributed by atoms with E-state index < -0.39 is 0 Å². The Morgan fingerprint density at radius 3 is 2.78 bits per heavy atom. The van der Waals surface area contributed by atoms with Crippen LogP contribution in [0.5, 0.6) is 0 Å². The van der Waals surface area contributed by atoms with Gasteiger partial charge in [0.15, 0.2) is 0 Å². The number of anilines is 1. The highest BCUT2D eigenvalue weighted by molar-refractivity contribution is 7.99. The molecule has 1 amide bonds. The molecule has 5 nitrogen and oxygen atoms in total. The molecule has 0 spiro atoms. The van der Waals surface area contributed by atoms with Crippen LogP contribution < -0.4 is 10.9 Å². The number of nitrogens with zero attached hydrogens (tertiary/aromatic N) is 2. The Labute approximate surface area is 138 Å². The van der Waals surface area contributed by atoms with Crippen LogP contribution in [0.4, 0.5) is 5.69 Å². The van der Waals surface area contributed by atoms with Crippen molar-refractivity contribution in [2.75, 3.05) is 11.1 Å². The summed E-state index contributed by atoms with van der Waals surface area (Å²) in [5, 5.41) is 11.7. The molecule has 6 heteroatoms. The van der Waals surface area contributed by atoms with E-state index in [1.165, 1.54) is 34.7 Å². The summed E-state index contributed by atoms with van der Waals surface area (Å²) >= 11 is 1.53. The second kappa shape index (κ2) is 7.65. The van der Waals surface area contributed by atoms with Crippen molar-refractivity contribution in [2.45, 2.75) is 11.8 Å². The fraction of sp³-hybridized carbons (Fsp3) is 0.235. The summed E-state index contributed by atoms with van der Waals surface area (Å²) in [4.78, 5) is 24.6. The van der Waals surface area contributed by atoms with Gasteiger partial charge in [-0.05, 0) is 25.1 Å². The molecule has 1 aromatic carbocycles. The molecule has 1 heterocycles. The highest BCUT2D eigenvalue weighted by atomic mass is 32.2. The molecule has 0 aliphatic heterocycles. The largest absolute Gasteiger partial charge is 0.321 e. The molecule has 1 N–H and O–H groups in total. The molecule has 118 valence electrons. The molecule has 2 aromatic rings. The minimum atomic E-state index is -0.276. The van der Waals surface area contributed by atoms with Gasteiger partial charge in [0.2, 0.25) is 5.56 Å². The number of thioether (sulfide) groups is 1. The van der Waals surface area contributed by atoms with E-state index in [1.807, 2.05) is 31.2 Å². The van der Waals surface area contributed by atoms with E-state index >= 15 is 0 Å². The number of hydrogen-bond acceptors (Lipinski definition) is 4. The maximum Gasteiger partial charge on any atom is 0.257 e. The van der Waals surface area contributed by atoms with E-state index in [2.05, 4.69) is 11.4 Å². The number of benzene rings is 1. The van der Waals surface area contributed by atoms with Gasteiger partial charge in [-0.2, -0.15) is 5.26 Å². The fourth-order valence-corrected chi connectivity index (χ4v) is 2.82. The number of aryl methyl sites for hydroxylation is 1. The van der Waals surface area contributed by atoms with Gasteiger partial charge in [-0.15, -0.1) is 11.8 Å². The number of nitrogens with one attached hydrogen (secondary N) is 1. The second-order valence-electron chi connectivity index (χ2n) is 5.16. The van der Waals surface area contributed by atoms with Crippen molar-refractivity contribution >= 4 is 23.4 Å². The molecule has 0 aliphatic rings. The van der Waals surface area contributed by atoms with Crippen LogP contribution in [0.1, 0.15) is 17.3 Å². The van der Waals surface area contributed by atoms with Crippen molar-refractivity contribution in [3.8, 4) is 6.07 Å². The maximum atomic E-state index is 12.3. The number of hydrogen-bond donors (Lipinski definition) is 1. The first kappa shape index (κ1) is 16.8. The van der Waals surface area contributed by atoms with Gasteiger partial charge in [0.1, 0.15) is 0 Å². The second-order valence-corrected chi connectivity index (χ2v) is 6.22. The molecule has 23 heavy (non-hydrogen) atoms. The number of carbonyl (C=O) groups excluding carboxylic acids is 1. The number of para-hydroxylation sites is 1. The minimum absolute atomic E-state index is 0.0626. The smallest absolute Gasteiger partial charge is 0.257 e. The number of carbonyl (C=O) groups is 1. The standard InChI is InChI=1S/C17H17N3O2S/c1-12(9-18)11-23-15-6-4-3-5-14(15)19-17(22)13-7-8-16(21)20(2)10-13/h3-8,10,12H,11H2,1-2H3,(H,19,22). The predicted molar refractivity (Wildman–Crippen MR) is 91.6 cm³/mol. The molecule has 0 radical (unpaired) electrons. The zero-order valence-corrected chi connectivity index (χ0v) is 13.8. The van der Waals surface area contributed by atoms with Gasteiger partial charge in [-0.1, -0.05) is 12.1 Å². The quantitative estimate of drug-likeness (QED) is 0.857. The molecule has 0 bridgehead atoms. The van der Waals surface area contributed by atoms with Gasteiger partial charge in [0, 0.05) is 30.0 Å². The average Bonchev–Trinajstić information content (AvgIpc) is 2.56. The van der Waals surface area contributed by atoms with E-state index in [4.69, 9.17) is 5.26 Å². The topological polar surface area (TPSA) is 74.9 Å². The van der Waals surface area contributed by atoms with Crippen LogP contribution in [0.2, 0.25) is 0 Å². The lowest BCUT2D eigenvalue weighted by molar-refractivity contribution is 0.102. The van der Waals surface area contributed by atoms with Gasteiger partial charge in [0.25, 0.3) is 5.91 Å². The van der Waals surface area contributed by atoms with Crippen LogP contribution in [-0.4, -0.2) is 16.2 Å². The van der Waals surface area contributed by atoms with Crippen molar-refractivity contribution < 1.29 is 4.79 Å². The minimum Gasteiger partial charge on any atom is -0.321 e. The Hall–Kier alpha value is -2.52. The Morgan fingerprint density at radius 2 is 2.09 bits per heavy atom. The van der Waals surface area contributed by atoms with E-state index in [1.54, 1.807) is 7.05 Å². The van der Waals surface area contributed by atoms with Crippen LogP contribution in [0, 0.1) is 17.2 Å². The highest BCUT2D eigenvalue weighted by Crippen LogP contribution is 2.28. The lowest BCUT2D eigenvalue weighted by Crippen LogP contribution is -2.19. The van der Waals surface area contributed by atoms with Crippen molar-refractivity contribution in [2.24, 2.45) is 13.0 Å². The Kier molecular flexibility index (Phi) is 5.61. The first-order valence-electron chi connectivity index (χ1n) is 7.10. The Balaban J connectivity index is 2.16. The van der Waals surface area contributed by atoms with Gasteiger partial charge in [0.05, 0.1) is 23.2 Å². The number of rotatable bonds is 5. The average molecular weight is 327 g/mol. The summed E-state index contributed by atoms with van der Waals surface area (Å²) in [6.45, 7) is 1.86. The summed E-state index contributed by atoms with van der Waals surface area (Å²) in [5.74, 6) is 0.317. The molecule has 1 unspecified atom stereocenters. The summed E-state index contributed by atoms with van der Waals surface area (Å²) in [5.41, 5.74) is 0.946. The lowest BCUT2D eigenvalue weighted by atomic mass is 10.2. The molecular weight excluding hydrogens is 310 g/mol. The van der Waals surface area contributed by atoms with Crippen molar-refractivity contribution in [3.63, 3.8) is 0 Å². The molecule has 1 atom stereocenters. The summed E-state index contributed by atoms with van der Waals surface area (Å²) in [6, 6.07) is 12.5. The van der Waals surface area contributed by atoms with Crippen LogP contribution in [0.15, 0.2) is 52.3 Å². The van der Waals surface area contributed by atoms with Crippen LogP contribution >= 0.6 is 11.8 Å². The highest BCUT2D eigenvalue weighted by Gasteiger charge is 2.11. The van der Waals surface area contributed by atoms with Crippen LogP contribution in [0.3, 0.4) is 0 Å². The van der Waals surface area contributed by atoms with Gasteiger partial charge >= 0.3 is 0 Å². The Morgan fingerprint density at radius 1 is 1.35 bits per heavy atom.